The first-order valence-corrected chi connectivity index (χ1v) is 8.11. The predicted molar refractivity (Wildman–Crippen MR) is 102 cm³/mol. The summed E-state index contributed by atoms with van der Waals surface area (Å²) in [6, 6.07) is 18.1. The van der Waals surface area contributed by atoms with E-state index < -0.39 is 37.1 Å². The van der Waals surface area contributed by atoms with Gasteiger partial charge in [0.1, 0.15) is 36.3 Å². The van der Waals surface area contributed by atoms with E-state index in [1.54, 1.807) is 24.3 Å². The van der Waals surface area contributed by atoms with Gasteiger partial charge in [-0.05, 0) is 17.7 Å². The van der Waals surface area contributed by atoms with Crippen LogP contribution < -0.4 is 4.74 Å². The summed E-state index contributed by atoms with van der Waals surface area (Å²) in [5.41, 5.74) is 0.881. The first kappa shape index (κ1) is 31.5. The van der Waals surface area contributed by atoms with Gasteiger partial charge in [0, 0.05) is 6.42 Å². The Balaban J connectivity index is -0.00000169. The van der Waals surface area contributed by atoms with Crippen LogP contribution >= 0.6 is 0 Å². The van der Waals surface area contributed by atoms with Crippen LogP contribution in [0.25, 0.3) is 0 Å². The summed E-state index contributed by atoms with van der Waals surface area (Å²) < 4.78 is 5.80. The molecule has 0 amide bonds. The summed E-state index contributed by atoms with van der Waals surface area (Å²) in [5, 5.41) is 48.9. The van der Waals surface area contributed by atoms with Crippen LogP contribution in [0.5, 0.6) is 5.75 Å². The molecule has 0 aromatic heterocycles. The molecule has 0 fully saturated rings. The zero-order valence-electron chi connectivity index (χ0n) is 15.4. The molecule has 2 aromatic rings. The standard InChI is InChI=1S/C19H24O6.4FH/c20-12-15(21)17(22)19(24)18(23)16(11-13-7-3-1-4-8-13)25-14-9-5-2-6-10-14;;;;/h1-10,15-24H,11-12H2;4*1H. The van der Waals surface area contributed by atoms with Crippen molar-refractivity contribution in [3.8, 4) is 5.75 Å². The first-order valence-electron chi connectivity index (χ1n) is 8.11. The summed E-state index contributed by atoms with van der Waals surface area (Å²) in [6.07, 6.45) is -6.98. The summed E-state index contributed by atoms with van der Waals surface area (Å²) in [6.45, 7) is -0.728. The lowest BCUT2D eigenvalue weighted by molar-refractivity contribution is -0.136. The van der Waals surface area contributed by atoms with E-state index in [4.69, 9.17) is 9.84 Å². The van der Waals surface area contributed by atoms with Crippen LogP contribution in [0.2, 0.25) is 0 Å². The molecule has 5 N–H and O–H groups in total. The Morgan fingerprint density at radius 3 is 1.62 bits per heavy atom. The molecular formula is C19H28F4O6. The van der Waals surface area contributed by atoms with Crippen molar-refractivity contribution in [2.24, 2.45) is 0 Å². The average molecular weight is 428 g/mol. The third-order valence-electron chi connectivity index (χ3n) is 3.97. The van der Waals surface area contributed by atoms with Gasteiger partial charge in [-0.1, -0.05) is 48.5 Å². The van der Waals surface area contributed by atoms with Crippen molar-refractivity contribution in [3.05, 3.63) is 66.2 Å². The SMILES string of the molecule is F.F.F.F.OCC(O)C(O)C(O)C(O)C(Cc1ccccc1)Oc1ccccc1. The molecule has 0 spiro atoms. The molecule has 0 aliphatic heterocycles. The molecule has 0 saturated heterocycles. The number of hydrogen-bond donors (Lipinski definition) is 5. The van der Waals surface area contributed by atoms with Gasteiger partial charge in [0.05, 0.1) is 6.61 Å². The minimum atomic E-state index is -1.70. The fourth-order valence-corrected chi connectivity index (χ4v) is 2.51. The fourth-order valence-electron chi connectivity index (χ4n) is 2.51. The van der Waals surface area contributed by atoms with Crippen LogP contribution in [0.3, 0.4) is 0 Å². The maximum Gasteiger partial charge on any atom is 0.131 e. The normalized spacial score (nSPS) is 14.9. The predicted octanol–water partition coefficient (Wildman–Crippen LogP) is 0.723. The number of halogens is 4. The maximum absolute atomic E-state index is 10.5. The number of aliphatic hydroxyl groups is 5. The minimum absolute atomic E-state index is 0. The number of hydrogen-bond acceptors (Lipinski definition) is 6. The smallest absolute Gasteiger partial charge is 0.131 e. The number of para-hydroxylation sites is 1. The highest BCUT2D eigenvalue weighted by Gasteiger charge is 2.36. The average Bonchev–Trinajstić information content (AvgIpc) is 2.66. The molecule has 0 saturated carbocycles. The van der Waals surface area contributed by atoms with Crippen molar-refractivity contribution in [2.45, 2.75) is 36.9 Å². The Hall–Kier alpha value is -2.24. The van der Waals surface area contributed by atoms with Crippen molar-refractivity contribution in [2.75, 3.05) is 6.61 Å². The number of ether oxygens (including phenoxy) is 1. The lowest BCUT2D eigenvalue weighted by atomic mass is 9.95. The third-order valence-corrected chi connectivity index (χ3v) is 3.97. The quantitative estimate of drug-likeness (QED) is 0.377. The van der Waals surface area contributed by atoms with E-state index in [-0.39, 0.29) is 25.2 Å². The van der Waals surface area contributed by atoms with Crippen molar-refractivity contribution in [1.82, 2.24) is 0 Å². The second-order valence-corrected chi connectivity index (χ2v) is 5.88. The second-order valence-electron chi connectivity index (χ2n) is 5.88. The second kappa shape index (κ2) is 15.7. The van der Waals surface area contributed by atoms with E-state index in [9.17, 15) is 20.4 Å². The van der Waals surface area contributed by atoms with Gasteiger partial charge < -0.3 is 30.3 Å². The molecule has 2 aromatic carbocycles. The van der Waals surface area contributed by atoms with Crippen LogP contribution in [-0.2, 0) is 6.42 Å². The van der Waals surface area contributed by atoms with Crippen LogP contribution in [0, 0.1) is 0 Å². The van der Waals surface area contributed by atoms with Crippen LogP contribution in [0.1, 0.15) is 5.56 Å². The molecule has 2 rings (SSSR count). The number of rotatable bonds is 9. The lowest BCUT2D eigenvalue weighted by Gasteiger charge is -2.31. The topological polar surface area (TPSA) is 110 Å². The van der Waals surface area contributed by atoms with E-state index in [2.05, 4.69) is 0 Å². The Morgan fingerprint density at radius 2 is 1.14 bits per heavy atom. The highest BCUT2D eigenvalue weighted by atomic mass is 19.0. The summed E-state index contributed by atoms with van der Waals surface area (Å²) >= 11 is 0. The van der Waals surface area contributed by atoms with Gasteiger partial charge in [-0.2, -0.15) is 0 Å². The third kappa shape index (κ3) is 9.20. The number of benzene rings is 2. The van der Waals surface area contributed by atoms with Gasteiger partial charge in [-0.25, -0.2) is 0 Å². The zero-order valence-corrected chi connectivity index (χ0v) is 15.4. The van der Waals surface area contributed by atoms with Crippen molar-refractivity contribution in [3.63, 3.8) is 0 Å². The molecule has 0 aliphatic rings. The lowest BCUT2D eigenvalue weighted by Crippen LogP contribution is -2.52. The van der Waals surface area contributed by atoms with Crippen LogP contribution in [0.4, 0.5) is 18.8 Å². The minimum Gasteiger partial charge on any atom is -0.487 e. The van der Waals surface area contributed by atoms with Gasteiger partial charge in [0.15, 0.2) is 0 Å². The molecule has 29 heavy (non-hydrogen) atoms. The molecular weight excluding hydrogens is 400 g/mol. The Labute approximate surface area is 165 Å². The summed E-state index contributed by atoms with van der Waals surface area (Å²) in [7, 11) is 0. The van der Waals surface area contributed by atoms with Crippen molar-refractivity contribution >= 4 is 0 Å². The van der Waals surface area contributed by atoms with E-state index in [1.807, 2.05) is 36.4 Å². The highest BCUT2D eigenvalue weighted by Crippen LogP contribution is 2.19. The van der Waals surface area contributed by atoms with Gasteiger partial charge >= 0.3 is 0 Å². The Morgan fingerprint density at radius 1 is 0.655 bits per heavy atom. The molecule has 0 radical (unpaired) electrons. The van der Waals surface area contributed by atoms with Crippen LogP contribution in [0.15, 0.2) is 60.7 Å². The molecule has 168 valence electrons. The largest absolute Gasteiger partial charge is 0.487 e. The Kier molecular flexibility index (Phi) is 17.0. The first-order chi connectivity index (χ1) is 12.0. The van der Waals surface area contributed by atoms with Gasteiger partial charge in [-0.3, -0.25) is 18.8 Å². The summed E-state index contributed by atoms with van der Waals surface area (Å²) in [5.74, 6) is 0.506. The molecule has 10 heteroatoms. The maximum atomic E-state index is 10.5. The van der Waals surface area contributed by atoms with Crippen molar-refractivity contribution in [1.29, 1.82) is 0 Å². The molecule has 5 atom stereocenters. The van der Waals surface area contributed by atoms with Crippen LogP contribution in [-0.4, -0.2) is 62.7 Å². The van der Waals surface area contributed by atoms with Crippen molar-refractivity contribution < 1.29 is 49.1 Å². The molecule has 0 bridgehead atoms. The van der Waals surface area contributed by atoms with Gasteiger partial charge in [-0.15, -0.1) is 0 Å². The summed E-state index contributed by atoms with van der Waals surface area (Å²) in [4.78, 5) is 0. The molecule has 0 heterocycles. The molecule has 6 nitrogen and oxygen atoms in total. The molecule has 5 unspecified atom stereocenters. The zero-order chi connectivity index (χ0) is 18.2. The van der Waals surface area contributed by atoms with Gasteiger partial charge in [0.25, 0.3) is 0 Å². The highest BCUT2D eigenvalue weighted by molar-refractivity contribution is 5.22. The van der Waals surface area contributed by atoms with E-state index in [0.717, 1.165) is 5.56 Å². The number of aliphatic hydroxyl groups excluding tert-OH is 5. The Bertz CT molecular complexity index is 581. The van der Waals surface area contributed by atoms with E-state index in [0.29, 0.717) is 5.75 Å². The molecule has 0 aliphatic carbocycles. The monoisotopic (exact) mass is 428 g/mol. The van der Waals surface area contributed by atoms with E-state index in [1.165, 1.54) is 0 Å². The fraction of sp³-hybridized carbons (Fsp3) is 0.368. The van der Waals surface area contributed by atoms with E-state index >= 15 is 0 Å². The van der Waals surface area contributed by atoms with Gasteiger partial charge in [0.2, 0.25) is 0 Å².